The topological polar surface area (TPSA) is 74.5 Å². The van der Waals surface area contributed by atoms with Crippen molar-refractivity contribution in [2.45, 2.75) is 13.8 Å². The van der Waals surface area contributed by atoms with Crippen LogP contribution in [0.3, 0.4) is 0 Å². The van der Waals surface area contributed by atoms with Crippen molar-refractivity contribution in [3.63, 3.8) is 0 Å². The first-order valence-electron chi connectivity index (χ1n) is 10.5. The standard InChI is InChI=1S/C24H24FN5O2/c1-4-17-6-8-19(16(3)22(17)25)20-15-27-30(24(20)32)21-9-7-18(14-26-21)23(31)29-12-10-28(5-2)11-13-29/h1,6-9,14-15,32H,5,10-13H2,2-3H3. The molecule has 2 aromatic heterocycles. The van der Waals surface area contributed by atoms with Crippen LogP contribution in [0.15, 0.2) is 36.7 Å². The molecular weight excluding hydrogens is 409 g/mol. The summed E-state index contributed by atoms with van der Waals surface area (Å²) in [5, 5.41) is 14.9. The number of aromatic nitrogens is 3. The number of terminal acetylenes is 1. The zero-order chi connectivity index (χ0) is 22.8. The number of pyridine rings is 1. The molecule has 0 saturated carbocycles. The molecule has 8 heteroatoms. The Kier molecular flexibility index (Phi) is 5.93. The van der Waals surface area contributed by atoms with E-state index in [9.17, 15) is 14.3 Å². The Morgan fingerprint density at radius 3 is 2.53 bits per heavy atom. The number of carbonyl (C=O) groups excluding carboxylic acids is 1. The van der Waals surface area contributed by atoms with Crippen LogP contribution in [0.4, 0.5) is 4.39 Å². The van der Waals surface area contributed by atoms with Gasteiger partial charge in [0.2, 0.25) is 5.88 Å². The largest absolute Gasteiger partial charge is 0.493 e. The summed E-state index contributed by atoms with van der Waals surface area (Å²) < 4.78 is 15.7. The van der Waals surface area contributed by atoms with Gasteiger partial charge in [0, 0.05) is 32.4 Å². The number of piperazine rings is 1. The van der Waals surface area contributed by atoms with Crippen LogP contribution in [-0.2, 0) is 0 Å². The average molecular weight is 433 g/mol. The van der Waals surface area contributed by atoms with Crippen molar-refractivity contribution >= 4 is 5.91 Å². The van der Waals surface area contributed by atoms with Crippen molar-refractivity contribution < 1.29 is 14.3 Å². The highest BCUT2D eigenvalue weighted by atomic mass is 19.1. The molecule has 0 spiro atoms. The normalized spacial score (nSPS) is 14.4. The van der Waals surface area contributed by atoms with Crippen LogP contribution in [0.25, 0.3) is 16.9 Å². The summed E-state index contributed by atoms with van der Waals surface area (Å²) in [7, 11) is 0. The second-order valence-electron chi connectivity index (χ2n) is 7.67. The molecule has 1 aliphatic rings. The van der Waals surface area contributed by atoms with Crippen molar-refractivity contribution in [3.8, 4) is 35.2 Å². The molecule has 3 aromatic rings. The number of nitrogens with zero attached hydrogens (tertiary/aromatic N) is 5. The smallest absolute Gasteiger partial charge is 0.255 e. The molecule has 3 heterocycles. The van der Waals surface area contributed by atoms with Crippen molar-refractivity contribution in [1.29, 1.82) is 0 Å². The quantitative estimate of drug-likeness (QED) is 0.641. The number of halogens is 1. The Morgan fingerprint density at radius 2 is 1.91 bits per heavy atom. The van der Waals surface area contributed by atoms with Gasteiger partial charge in [0.25, 0.3) is 5.91 Å². The van der Waals surface area contributed by atoms with Crippen LogP contribution >= 0.6 is 0 Å². The van der Waals surface area contributed by atoms with Gasteiger partial charge < -0.3 is 14.9 Å². The first-order valence-corrected chi connectivity index (χ1v) is 10.5. The molecule has 32 heavy (non-hydrogen) atoms. The van der Waals surface area contributed by atoms with Gasteiger partial charge in [-0.05, 0) is 42.8 Å². The third kappa shape index (κ3) is 3.83. The number of aromatic hydroxyl groups is 1. The summed E-state index contributed by atoms with van der Waals surface area (Å²) in [6.07, 6.45) is 8.25. The Bertz CT molecular complexity index is 1190. The molecule has 1 aromatic carbocycles. The molecule has 1 N–H and O–H groups in total. The number of benzene rings is 1. The lowest BCUT2D eigenvalue weighted by atomic mass is 10.00. The lowest BCUT2D eigenvalue weighted by molar-refractivity contribution is 0.0643. The van der Waals surface area contributed by atoms with Gasteiger partial charge in [-0.1, -0.05) is 18.9 Å². The van der Waals surface area contributed by atoms with Gasteiger partial charge in [-0.2, -0.15) is 9.78 Å². The second kappa shape index (κ2) is 8.81. The van der Waals surface area contributed by atoms with Crippen molar-refractivity contribution in [1.82, 2.24) is 24.6 Å². The molecule has 1 amide bonds. The zero-order valence-electron chi connectivity index (χ0n) is 18.0. The molecule has 1 aliphatic heterocycles. The van der Waals surface area contributed by atoms with Crippen LogP contribution < -0.4 is 0 Å². The zero-order valence-corrected chi connectivity index (χ0v) is 18.0. The van der Waals surface area contributed by atoms with E-state index in [-0.39, 0.29) is 17.4 Å². The minimum absolute atomic E-state index is 0.0649. The highest BCUT2D eigenvalue weighted by molar-refractivity contribution is 5.94. The summed E-state index contributed by atoms with van der Waals surface area (Å²) in [6.45, 7) is 7.79. The van der Waals surface area contributed by atoms with E-state index < -0.39 is 5.82 Å². The molecule has 1 fully saturated rings. The first-order chi connectivity index (χ1) is 15.4. The predicted octanol–water partition coefficient (Wildman–Crippen LogP) is 2.85. The van der Waals surface area contributed by atoms with E-state index in [1.807, 2.05) is 4.90 Å². The van der Waals surface area contributed by atoms with Crippen LogP contribution in [0.5, 0.6) is 5.88 Å². The van der Waals surface area contributed by atoms with Gasteiger partial charge in [0.1, 0.15) is 5.82 Å². The number of hydrogen-bond acceptors (Lipinski definition) is 5. The van der Waals surface area contributed by atoms with Crippen LogP contribution in [0, 0.1) is 25.1 Å². The fraction of sp³-hybridized carbons (Fsp3) is 0.292. The van der Waals surface area contributed by atoms with E-state index in [0.717, 1.165) is 19.6 Å². The van der Waals surface area contributed by atoms with E-state index in [1.165, 1.54) is 23.1 Å². The lowest BCUT2D eigenvalue weighted by Gasteiger charge is -2.34. The number of amides is 1. The maximum atomic E-state index is 14.4. The molecule has 1 saturated heterocycles. The monoisotopic (exact) mass is 433 g/mol. The van der Waals surface area contributed by atoms with Crippen molar-refractivity contribution in [3.05, 3.63) is 59.2 Å². The van der Waals surface area contributed by atoms with E-state index in [2.05, 4.69) is 27.8 Å². The van der Waals surface area contributed by atoms with Gasteiger partial charge in [0.05, 0.1) is 22.9 Å². The van der Waals surface area contributed by atoms with Crippen LogP contribution in [0.2, 0.25) is 0 Å². The molecule has 164 valence electrons. The lowest BCUT2D eigenvalue weighted by Crippen LogP contribution is -2.48. The first kappa shape index (κ1) is 21.5. The number of rotatable bonds is 4. The fourth-order valence-corrected chi connectivity index (χ4v) is 3.88. The van der Waals surface area contributed by atoms with Gasteiger partial charge in [-0.15, -0.1) is 6.42 Å². The summed E-state index contributed by atoms with van der Waals surface area (Å²) in [6, 6.07) is 6.45. The van der Waals surface area contributed by atoms with E-state index >= 15 is 0 Å². The molecule has 0 atom stereocenters. The van der Waals surface area contributed by atoms with E-state index in [1.54, 1.807) is 25.1 Å². The maximum absolute atomic E-state index is 14.4. The molecular formula is C24H24FN5O2. The van der Waals surface area contributed by atoms with E-state index in [0.29, 0.717) is 41.2 Å². The minimum Gasteiger partial charge on any atom is -0.493 e. The van der Waals surface area contributed by atoms with Crippen molar-refractivity contribution in [2.24, 2.45) is 0 Å². The minimum atomic E-state index is -0.502. The van der Waals surface area contributed by atoms with E-state index in [4.69, 9.17) is 6.42 Å². The Morgan fingerprint density at radius 1 is 1.16 bits per heavy atom. The van der Waals surface area contributed by atoms with Crippen molar-refractivity contribution in [2.75, 3.05) is 32.7 Å². The van der Waals surface area contributed by atoms with Gasteiger partial charge in [0.15, 0.2) is 5.82 Å². The SMILES string of the molecule is C#Cc1ccc(-c2cnn(-c3ccc(C(=O)N4CCN(CC)CC4)cn3)c2O)c(C)c1F. The summed E-state index contributed by atoms with van der Waals surface area (Å²) >= 11 is 0. The fourth-order valence-electron chi connectivity index (χ4n) is 3.88. The number of likely N-dealkylation sites (N-methyl/N-ethyl adjacent to an activating group) is 1. The molecule has 0 bridgehead atoms. The van der Waals surface area contributed by atoms with Gasteiger partial charge in [-0.25, -0.2) is 9.37 Å². The number of hydrogen-bond donors (Lipinski definition) is 1. The Balaban J connectivity index is 1.56. The average Bonchev–Trinajstić information content (AvgIpc) is 3.21. The molecule has 0 radical (unpaired) electrons. The summed E-state index contributed by atoms with van der Waals surface area (Å²) in [5.41, 5.74) is 1.82. The van der Waals surface area contributed by atoms with Crippen LogP contribution in [0.1, 0.15) is 28.4 Å². The van der Waals surface area contributed by atoms with Gasteiger partial charge >= 0.3 is 0 Å². The molecule has 7 nitrogen and oxygen atoms in total. The second-order valence-corrected chi connectivity index (χ2v) is 7.67. The highest BCUT2D eigenvalue weighted by Crippen LogP contribution is 2.34. The summed E-state index contributed by atoms with van der Waals surface area (Å²) in [5.74, 6) is 1.90. The summed E-state index contributed by atoms with van der Waals surface area (Å²) in [4.78, 5) is 21.2. The predicted molar refractivity (Wildman–Crippen MR) is 119 cm³/mol. The van der Waals surface area contributed by atoms with Crippen LogP contribution in [-0.4, -0.2) is 68.3 Å². The number of carbonyl (C=O) groups is 1. The molecule has 0 unspecified atom stereocenters. The van der Waals surface area contributed by atoms with Gasteiger partial charge in [-0.3, -0.25) is 4.79 Å². The Labute approximate surface area is 186 Å². The third-order valence-corrected chi connectivity index (χ3v) is 5.89. The third-order valence-electron chi connectivity index (χ3n) is 5.89. The maximum Gasteiger partial charge on any atom is 0.255 e. The highest BCUT2D eigenvalue weighted by Gasteiger charge is 2.22. The molecule has 4 rings (SSSR count). The Hall–Kier alpha value is -3.70. The molecule has 0 aliphatic carbocycles.